The van der Waals surface area contributed by atoms with E-state index in [1.54, 1.807) is 6.07 Å². The zero-order valence-corrected chi connectivity index (χ0v) is 9.58. The Morgan fingerprint density at radius 3 is 3.12 bits per heavy atom. The van der Waals surface area contributed by atoms with Gasteiger partial charge in [-0.3, -0.25) is 0 Å². The summed E-state index contributed by atoms with van der Waals surface area (Å²) in [7, 11) is 0. The number of ether oxygens (including phenoxy) is 1. The molecule has 1 heterocycles. The van der Waals surface area contributed by atoms with Crippen LogP contribution in [-0.4, -0.2) is 19.8 Å². The molecule has 0 aromatic heterocycles. The molecule has 1 aliphatic heterocycles. The maximum atomic E-state index is 13.4. The largest absolute Gasteiger partial charge is 0.381 e. The zero-order valence-electron chi connectivity index (χ0n) is 9.58. The van der Waals surface area contributed by atoms with E-state index in [4.69, 9.17) is 10.00 Å². The number of rotatable bonds is 4. The van der Waals surface area contributed by atoms with Gasteiger partial charge in [-0.25, -0.2) is 4.39 Å². The summed E-state index contributed by atoms with van der Waals surface area (Å²) in [6, 6.07) is 6.43. The van der Waals surface area contributed by atoms with Crippen molar-refractivity contribution in [2.24, 2.45) is 5.92 Å². The maximum Gasteiger partial charge on any atom is 0.127 e. The normalized spacial score (nSPS) is 19.2. The molecule has 90 valence electrons. The molecule has 2 rings (SSSR count). The van der Waals surface area contributed by atoms with E-state index < -0.39 is 0 Å². The molecule has 4 heteroatoms. The van der Waals surface area contributed by atoms with E-state index in [1.807, 2.05) is 6.07 Å². The van der Waals surface area contributed by atoms with Crippen molar-refractivity contribution in [1.29, 1.82) is 5.26 Å². The predicted octanol–water partition coefficient (Wildman–Crippen LogP) is 1.82. The first-order valence-electron chi connectivity index (χ1n) is 5.76. The lowest BCUT2D eigenvalue weighted by molar-refractivity contribution is 0.185. The summed E-state index contributed by atoms with van der Waals surface area (Å²) >= 11 is 0. The summed E-state index contributed by atoms with van der Waals surface area (Å²) in [6.45, 7) is 2.90. The molecule has 1 unspecified atom stereocenters. The molecule has 1 aromatic rings. The molecule has 1 atom stereocenters. The second-order valence-corrected chi connectivity index (χ2v) is 4.28. The number of nitrogens with zero attached hydrogens (tertiary/aromatic N) is 1. The Hall–Kier alpha value is -1.44. The Kier molecular flexibility index (Phi) is 4.08. The van der Waals surface area contributed by atoms with Crippen molar-refractivity contribution in [3.05, 3.63) is 35.1 Å². The summed E-state index contributed by atoms with van der Waals surface area (Å²) in [5, 5.41) is 11.9. The summed E-state index contributed by atoms with van der Waals surface area (Å²) in [4.78, 5) is 0. The van der Waals surface area contributed by atoms with Crippen molar-refractivity contribution in [2.45, 2.75) is 13.0 Å². The highest BCUT2D eigenvalue weighted by Crippen LogP contribution is 2.12. The highest BCUT2D eigenvalue weighted by molar-refractivity contribution is 5.33. The lowest BCUT2D eigenvalue weighted by Crippen LogP contribution is -2.23. The molecule has 0 bridgehead atoms. The molecule has 1 fully saturated rings. The van der Waals surface area contributed by atoms with Crippen LogP contribution in [0.15, 0.2) is 18.2 Å². The van der Waals surface area contributed by atoms with Crippen LogP contribution in [0, 0.1) is 23.1 Å². The fourth-order valence-electron chi connectivity index (χ4n) is 1.94. The van der Waals surface area contributed by atoms with Crippen LogP contribution in [-0.2, 0) is 11.3 Å². The standard InChI is InChI=1S/C13H15FN2O/c14-13-2-1-10(6-15)5-12(13)8-16-7-11-3-4-17-9-11/h1-2,5,11,16H,3-4,7-9H2. The molecule has 1 aliphatic rings. The molecule has 0 aliphatic carbocycles. The second-order valence-electron chi connectivity index (χ2n) is 4.28. The molecule has 0 amide bonds. The fraction of sp³-hybridized carbons (Fsp3) is 0.462. The predicted molar refractivity (Wildman–Crippen MR) is 61.7 cm³/mol. The average Bonchev–Trinajstić information content (AvgIpc) is 2.84. The van der Waals surface area contributed by atoms with E-state index in [2.05, 4.69) is 5.32 Å². The van der Waals surface area contributed by atoms with Crippen LogP contribution in [0.2, 0.25) is 0 Å². The van der Waals surface area contributed by atoms with Crippen molar-refractivity contribution in [1.82, 2.24) is 5.32 Å². The van der Waals surface area contributed by atoms with Gasteiger partial charge in [0.2, 0.25) is 0 Å². The number of halogens is 1. The van der Waals surface area contributed by atoms with Crippen molar-refractivity contribution in [2.75, 3.05) is 19.8 Å². The highest BCUT2D eigenvalue weighted by Gasteiger charge is 2.15. The number of nitrogens with one attached hydrogen (secondary N) is 1. The average molecular weight is 234 g/mol. The molecule has 3 nitrogen and oxygen atoms in total. The molecular weight excluding hydrogens is 219 g/mol. The second kappa shape index (κ2) is 5.76. The van der Waals surface area contributed by atoms with E-state index in [0.717, 1.165) is 26.2 Å². The maximum absolute atomic E-state index is 13.4. The van der Waals surface area contributed by atoms with Crippen LogP contribution in [0.3, 0.4) is 0 Å². The lowest BCUT2D eigenvalue weighted by atomic mass is 10.1. The molecule has 1 N–H and O–H groups in total. The van der Waals surface area contributed by atoms with Crippen LogP contribution in [0.5, 0.6) is 0 Å². The summed E-state index contributed by atoms with van der Waals surface area (Å²) in [5.74, 6) is 0.261. The molecule has 0 radical (unpaired) electrons. The highest BCUT2D eigenvalue weighted by atomic mass is 19.1. The van der Waals surface area contributed by atoms with E-state index >= 15 is 0 Å². The first-order valence-corrected chi connectivity index (χ1v) is 5.76. The van der Waals surface area contributed by atoms with Gasteiger partial charge in [0.1, 0.15) is 5.82 Å². The van der Waals surface area contributed by atoms with Gasteiger partial charge in [0, 0.05) is 25.3 Å². The van der Waals surface area contributed by atoms with Crippen LogP contribution in [0.1, 0.15) is 17.5 Å². The lowest BCUT2D eigenvalue weighted by Gasteiger charge is -2.10. The van der Waals surface area contributed by atoms with Crippen molar-refractivity contribution < 1.29 is 9.13 Å². The van der Waals surface area contributed by atoms with Crippen LogP contribution >= 0.6 is 0 Å². The van der Waals surface area contributed by atoms with E-state index in [1.165, 1.54) is 12.1 Å². The quantitative estimate of drug-likeness (QED) is 0.864. The number of hydrogen-bond donors (Lipinski definition) is 1. The van der Waals surface area contributed by atoms with Gasteiger partial charge < -0.3 is 10.1 Å². The monoisotopic (exact) mass is 234 g/mol. The third-order valence-corrected chi connectivity index (χ3v) is 2.95. The van der Waals surface area contributed by atoms with Gasteiger partial charge in [-0.05, 0) is 30.5 Å². The Morgan fingerprint density at radius 2 is 2.41 bits per heavy atom. The van der Waals surface area contributed by atoms with Crippen LogP contribution in [0.25, 0.3) is 0 Å². The van der Waals surface area contributed by atoms with Gasteiger partial charge in [0.05, 0.1) is 18.2 Å². The van der Waals surface area contributed by atoms with Crippen molar-refractivity contribution in [3.8, 4) is 6.07 Å². The summed E-state index contributed by atoms with van der Waals surface area (Å²) in [6.07, 6.45) is 1.06. The third kappa shape index (κ3) is 3.26. The number of hydrogen-bond acceptors (Lipinski definition) is 3. The van der Waals surface area contributed by atoms with Gasteiger partial charge in [0.15, 0.2) is 0 Å². The number of benzene rings is 1. The van der Waals surface area contributed by atoms with Crippen molar-refractivity contribution >= 4 is 0 Å². The molecule has 17 heavy (non-hydrogen) atoms. The number of nitriles is 1. The molecule has 0 saturated carbocycles. The Labute approximate surface area is 100 Å². The Bertz CT molecular complexity index is 422. The minimum Gasteiger partial charge on any atom is -0.381 e. The summed E-state index contributed by atoms with van der Waals surface area (Å²) in [5.41, 5.74) is 1.04. The molecule has 0 spiro atoms. The van der Waals surface area contributed by atoms with Gasteiger partial charge >= 0.3 is 0 Å². The van der Waals surface area contributed by atoms with Crippen LogP contribution in [0.4, 0.5) is 4.39 Å². The van der Waals surface area contributed by atoms with Gasteiger partial charge in [0.25, 0.3) is 0 Å². The minimum absolute atomic E-state index is 0.265. The minimum atomic E-state index is -0.265. The first-order chi connectivity index (χ1) is 8.29. The summed E-state index contributed by atoms with van der Waals surface area (Å²) < 4.78 is 18.7. The molecule has 1 aromatic carbocycles. The Balaban J connectivity index is 1.87. The van der Waals surface area contributed by atoms with Crippen molar-refractivity contribution in [3.63, 3.8) is 0 Å². The van der Waals surface area contributed by atoms with E-state index in [9.17, 15) is 4.39 Å². The SMILES string of the molecule is N#Cc1ccc(F)c(CNCC2CCOC2)c1. The van der Waals surface area contributed by atoms with E-state index in [-0.39, 0.29) is 5.82 Å². The Morgan fingerprint density at radius 1 is 1.53 bits per heavy atom. The van der Waals surface area contributed by atoms with Gasteiger partial charge in [-0.15, -0.1) is 0 Å². The first kappa shape index (κ1) is 12.0. The van der Waals surface area contributed by atoms with Crippen LogP contribution < -0.4 is 5.32 Å². The third-order valence-electron chi connectivity index (χ3n) is 2.95. The fourth-order valence-corrected chi connectivity index (χ4v) is 1.94. The van der Waals surface area contributed by atoms with Gasteiger partial charge in [-0.1, -0.05) is 0 Å². The molecular formula is C13H15FN2O. The van der Waals surface area contributed by atoms with Gasteiger partial charge in [-0.2, -0.15) is 5.26 Å². The topological polar surface area (TPSA) is 45.0 Å². The molecule has 1 saturated heterocycles. The zero-order chi connectivity index (χ0) is 12.1. The van der Waals surface area contributed by atoms with E-state index in [0.29, 0.717) is 23.6 Å². The smallest absolute Gasteiger partial charge is 0.127 e.